The van der Waals surface area contributed by atoms with Gasteiger partial charge in [-0.25, -0.2) is 4.79 Å². The van der Waals surface area contributed by atoms with Crippen LogP contribution in [0.5, 0.6) is 0 Å². The SMILES string of the molecule is CN1CCC(N2Cc3ccc(C(=O)NCCO)cc3NC2=O)CC1. The molecule has 1 fully saturated rings. The summed E-state index contributed by atoms with van der Waals surface area (Å²) in [5.74, 6) is -0.251. The highest BCUT2D eigenvalue weighted by Crippen LogP contribution is 2.28. The Balaban J connectivity index is 1.72. The number of carbonyl (C=O) groups excluding carboxylic acids is 2. The van der Waals surface area contributed by atoms with Crippen LogP contribution in [0.3, 0.4) is 0 Å². The van der Waals surface area contributed by atoms with Gasteiger partial charge in [-0.3, -0.25) is 4.79 Å². The Morgan fingerprint density at radius 2 is 2.12 bits per heavy atom. The van der Waals surface area contributed by atoms with Crippen molar-refractivity contribution in [1.82, 2.24) is 15.1 Å². The number of piperidine rings is 1. The number of rotatable bonds is 4. The predicted octanol–water partition coefficient (Wildman–Crippen LogP) is 0.850. The van der Waals surface area contributed by atoms with Crippen molar-refractivity contribution in [1.29, 1.82) is 0 Å². The van der Waals surface area contributed by atoms with Crippen LogP contribution in [0.1, 0.15) is 28.8 Å². The zero-order valence-corrected chi connectivity index (χ0v) is 13.9. The van der Waals surface area contributed by atoms with Gasteiger partial charge >= 0.3 is 6.03 Å². The zero-order chi connectivity index (χ0) is 17.1. The lowest BCUT2D eigenvalue weighted by Gasteiger charge is -2.39. The van der Waals surface area contributed by atoms with Crippen LogP contribution in [0, 0.1) is 0 Å². The lowest BCUT2D eigenvalue weighted by Crippen LogP contribution is -2.49. The Hall–Kier alpha value is -2.12. The van der Waals surface area contributed by atoms with E-state index in [2.05, 4.69) is 22.6 Å². The van der Waals surface area contributed by atoms with Gasteiger partial charge in [-0.2, -0.15) is 0 Å². The number of anilines is 1. The van der Waals surface area contributed by atoms with Crippen molar-refractivity contribution >= 4 is 17.6 Å². The second-order valence-corrected chi connectivity index (χ2v) is 6.44. The Morgan fingerprint density at radius 3 is 2.83 bits per heavy atom. The number of hydrogen-bond donors (Lipinski definition) is 3. The Kier molecular flexibility index (Phi) is 5.01. The molecular formula is C17H24N4O3. The molecule has 7 nitrogen and oxygen atoms in total. The van der Waals surface area contributed by atoms with Gasteiger partial charge in [0.05, 0.1) is 6.61 Å². The fraction of sp³-hybridized carbons (Fsp3) is 0.529. The van der Waals surface area contributed by atoms with Crippen LogP contribution < -0.4 is 10.6 Å². The van der Waals surface area contributed by atoms with Gasteiger partial charge < -0.3 is 25.5 Å². The quantitative estimate of drug-likeness (QED) is 0.763. The minimum Gasteiger partial charge on any atom is -0.395 e. The smallest absolute Gasteiger partial charge is 0.322 e. The molecule has 3 amide bonds. The van der Waals surface area contributed by atoms with Gasteiger partial charge in [0, 0.05) is 30.4 Å². The Morgan fingerprint density at radius 1 is 1.38 bits per heavy atom. The first-order valence-electron chi connectivity index (χ1n) is 8.36. The fourth-order valence-electron chi connectivity index (χ4n) is 3.29. The van der Waals surface area contributed by atoms with Crippen molar-refractivity contribution in [3.63, 3.8) is 0 Å². The normalized spacial score (nSPS) is 18.9. The van der Waals surface area contributed by atoms with E-state index in [1.807, 2.05) is 11.0 Å². The topological polar surface area (TPSA) is 84.9 Å². The van der Waals surface area contributed by atoms with Crippen molar-refractivity contribution in [2.75, 3.05) is 38.6 Å². The van der Waals surface area contributed by atoms with Crippen LogP contribution >= 0.6 is 0 Å². The molecule has 130 valence electrons. The third-order valence-corrected chi connectivity index (χ3v) is 4.74. The number of hydrogen-bond acceptors (Lipinski definition) is 4. The van der Waals surface area contributed by atoms with Crippen LogP contribution in [-0.4, -0.2) is 66.2 Å². The minimum atomic E-state index is -0.251. The van der Waals surface area contributed by atoms with E-state index in [9.17, 15) is 9.59 Å². The molecule has 0 radical (unpaired) electrons. The standard InChI is InChI=1S/C17H24N4O3/c1-20-7-4-14(5-8-20)21-11-13-3-2-12(16(23)18-6-9-22)10-15(13)19-17(21)24/h2-3,10,14,22H,4-9,11H2,1H3,(H,18,23)(H,19,24). The maximum absolute atomic E-state index is 12.5. The van der Waals surface area contributed by atoms with Gasteiger partial charge in [0.25, 0.3) is 5.91 Å². The van der Waals surface area contributed by atoms with E-state index in [1.165, 1.54) is 0 Å². The molecule has 0 aliphatic carbocycles. The molecule has 3 rings (SSSR count). The summed E-state index contributed by atoms with van der Waals surface area (Å²) in [6.07, 6.45) is 1.97. The van der Waals surface area contributed by atoms with Crippen molar-refractivity contribution in [2.45, 2.75) is 25.4 Å². The first kappa shape index (κ1) is 16.7. The molecule has 2 aliphatic rings. The molecule has 3 N–H and O–H groups in total. The second kappa shape index (κ2) is 7.19. The molecule has 2 heterocycles. The highest BCUT2D eigenvalue weighted by atomic mass is 16.3. The lowest BCUT2D eigenvalue weighted by atomic mass is 10.0. The summed E-state index contributed by atoms with van der Waals surface area (Å²) in [6, 6.07) is 5.53. The van der Waals surface area contributed by atoms with Crippen LogP contribution in [0.2, 0.25) is 0 Å². The molecule has 1 saturated heterocycles. The molecule has 0 saturated carbocycles. The van der Waals surface area contributed by atoms with Crippen LogP contribution in [0.25, 0.3) is 0 Å². The summed E-state index contributed by atoms with van der Waals surface area (Å²) in [5, 5.41) is 14.3. The summed E-state index contributed by atoms with van der Waals surface area (Å²) >= 11 is 0. The highest BCUT2D eigenvalue weighted by Gasteiger charge is 2.31. The number of nitrogens with one attached hydrogen (secondary N) is 2. The first-order valence-corrected chi connectivity index (χ1v) is 8.36. The summed E-state index contributed by atoms with van der Waals surface area (Å²) in [6.45, 7) is 2.70. The Labute approximate surface area is 141 Å². The number of aliphatic hydroxyl groups excluding tert-OH is 1. The molecule has 0 unspecified atom stereocenters. The molecule has 2 aliphatic heterocycles. The average Bonchev–Trinajstić information content (AvgIpc) is 2.59. The molecule has 1 aromatic carbocycles. The number of likely N-dealkylation sites (tertiary alicyclic amines) is 1. The molecule has 0 aromatic heterocycles. The van der Waals surface area contributed by atoms with Crippen molar-refractivity contribution in [2.24, 2.45) is 0 Å². The van der Waals surface area contributed by atoms with Gasteiger partial charge in [0.2, 0.25) is 0 Å². The van der Waals surface area contributed by atoms with E-state index in [1.54, 1.807) is 12.1 Å². The molecule has 0 bridgehead atoms. The maximum Gasteiger partial charge on any atom is 0.322 e. The predicted molar refractivity (Wildman–Crippen MR) is 90.9 cm³/mol. The van der Waals surface area contributed by atoms with Gasteiger partial charge in [-0.1, -0.05) is 6.07 Å². The van der Waals surface area contributed by atoms with Gasteiger partial charge in [-0.05, 0) is 50.7 Å². The average molecular weight is 332 g/mol. The van der Waals surface area contributed by atoms with E-state index >= 15 is 0 Å². The molecule has 24 heavy (non-hydrogen) atoms. The molecule has 0 atom stereocenters. The van der Waals surface area contributed by atoms with E-state index in [0.717, 1.165) is 31.5 Å². The van der Waals surface area contributed by atoms with Gasteiger partial charge in [0.1, 0.15) is 0 Å². The minimum absolute atomic E-state index is 0.0926. The van der Waals surface area contributed by atoms with E-state index in [-0.39, 0.29) is 31.1 Å². The number of carbonyl (C=O) groups is 2. The highest BCUT2D eigenvalue weighted by molar-refractivity contribution is 5.98. The number of urea groups is 1. The number of aliphatic hydroxyl groups is 1. The summed E-state index contributed by atoms with van der Waals surface area (Å²) in [5.41, 5.74) is 2.20. The number of fused-ring (bicyclic) bond motifs is 1. The Bertz CT molecular complexity index is 626. The number of amides is 3. The van der Waals surface area contributed by atoms with Crippen molar-refractivity contribution in [3.05, 3.63) is 29.3 Å². The third-order valence-electron chi connectivity index (χ3n) is 4.74. The second-order valence-electron chi connectivity index (χ2n) is 6.44. The fourth-order valence-corrected chi connectivity index (χ4v) is 3.29. The van der Waals surface area contributed by atoms with Gasteiger partial charge in [-0.15, -0.1) is 0 Å². The van der Waals surface area contributed by atoms with Crippen LogP contribution in [0.4, 0.5) is 10.5 Å². The van der Waals surface area contributed by atoms with Crippen molar-refractivity contribution < 1.29 is 14.7 Å². The monoisotopic (exact) mass is 332 g/mol. The van der Waals surface area contributed by atoms with Gasteiger partial charge in [0.15, 0.2) is 0 Å². The lowest BCUT2D eigenvalue weighted by molar-refractivity contribution is 0.0944. The number of nitrogens with zero attached hydrogens (tertiary/aromatic N) is 2. The van der Waals surface area contributed by atoms with Crippen LogP contribution in [0.15, 0.2) is 18.2 Å². The maximum atomic E-state index is 12.5. The van der Waals surface area contributed by atoms with E-state index < -0.39 is 0 Å². The number of benzene rings is 1. The molecule has 0 spiro atoms. The largest absolute Gasteiger partial charge is 0.395 e. The third kappa shape index (κ3) is 3.52. The van der Waals surface area contributed by atoms with E-state index in [0.29, 0.717) is 17.8 Å². The summed E-state index contributed by atoms with van der Waals surface area (Å²) in [7, 11) is 2.10. The van der Waals surface area contributed by atoms with Crippen LogP contribution in [-0.2, 0) is 6.54 Å². The zero-order valence-electron chi connectivity index (χ0n) is 13.9. The first-order chi connectivity index (χ1) is 11.6. The van der Waals surface area contributed by atoms with Crippen molar-refractivity contribution in [3.8, 4) is 0 Å². The molecule has 1 aromatic rings. The molecule has 7 heteroatoms. The summed E-state index contributed by atoms with van der Waals surface area (Å²) < 4.78 is 0. The van der Waals surface area contributed by atoms with E-state index in [4.69, 9.17) is 5.11 Å². The summed E-state index contributed by atoms with van der Waals surface area (Å²) in [4.78, 5) is 28.6. The molecular weight excluding hydrogens is 308 g/mol.